The van der Waals surface area contributed by atoms with Crippen LogP contribution < -0.4 is 10.6 Å². The van der Waals surface area contributed by atoms with Crippen molar-refractivity contribution in [2.75, 3.05) is 13.6 Å². The average molecular weight is 164 g/mol. The van der Waals surface area contributed by atoms with Crippen molar-refractivity contribution < 1.29 is 0 Å². The van der Waals surface area contributed by atoms with Gasteiger partial charge >= 0.3 is 0 Å². The Morgan fingerprint density at radius 1 is 1.67 bits per heavy atom. The van der Waals surface area contributed by atoms with Crippen LogP contribution in [0.5, 0.6) is 0 Å². The van der Waals surface area contributed by atoms with Crippen LogP contribution in [-0.4, -0.2) is 23.6 Å². The third-order valence-electron chi connectivity index (χ3n) is 2.14. The SMILES string of the molecule is CNC1NCCc2ncncc21. The van der Waals surface area contributed by atoms with Crippen LogP contribution in [0.1, 0.15) is 17.4 Å². The van der Waals surface area contributed by atoms with Crippen molar-refractivity contribution in [3.8, 4) is 0 Å². The zero-order valence-electron chi connectivity index (χ0n) is 7.04. The predicted molar refractivity (Wildman–Crippen MR) is 45.5 cm³/mol. The van der Waals surface area contributed by atoms with Gasteiger partial charge in [0.1, 0.15) is 6.33 Å². The van der Waals surface area contributed by atoms with Gasteiger partial charge in [0.25, 0.3) is 0 Å². The molecule has 4 nitrogen and oxygen atoms in total. The Morgan fingerprint density at radius 2 is 2.58 bits per heavy atom. The van der Waals surface area contributed by atoms with E-state index in [4.69, 9.17) is 0 Å². The molecule has 0 saturated heterocycles. The van der Waals surface area contributed by atoms with Crippen molar-refractivity contribution in [3.63, 3.8) is 0 Å². The average Bonchev–Trinajstić information content (AvgIpc) is 2.17. The van der Waals surface area contributed by atoms with E-state index >= 15 is 0 Å². The topological polar surface area (TPSA) is 49.8 Å². The maximum atomic E-state index is 4.23. The molecule has 1 atom stereocenters. The van der Waals surface area contributed by atoms with Gasteiger partial charge in [0, 0.05) is 24.7 Å². The van der Waals surface area contributed by atoms with E-state index in [1.807, 2.05) is 13.2 Å². The van der Waals surface area contributed by atoms with Crippen molar-refractivity contribution in [2.24, 2.45) is 0 Å². The van der Waals surface area contributed by atoms with Crippen LogP contribution in [0.15, 0.2) is 12.5 Å². The lowest BCUT2D eigenvalue weighted by Gasteiger charge is -2.24. The molecule has 0 saturated carbocycles. The van der Waals surface area contributed by atoms with Gasteiger partial charge in [0.15, 0.2) is 0 Å². The third kappa shape index (κ3) is 1.19. The molecule has 0 bridgehead atoms. The largest absolute Gasteiger partial charge is 0.301 e. The fraction of sp³-hybridized carbons (Fsp3) is 0.500. The highest BCUT2D eigenvalue weighted by Crippen LogP contribution is 2.16. The first-order valence-electron chi connectivity index (χ1n) is 4.11. The highest BCUT2D eigenvalue weighted by Gasteiger charge is 2.18. The van der Waals surface area contributed by atoms with Gasteiger partial charge in [-0.25, -0.2) is 9.97 Å². The molecule has 0 spiro atoms. The summed E-state index contributed by atoms with van der Waals surface area (Å²) in [6, 6.07) is 0. The van der Waals surface area contributed by atoms with Crippen molar-refractivity contribution >= 4 is 0 Å². The number of nitrogens with one attached hydrogen (secondary N) is 2. The zero-order valence-corrected chi connectivity index (χ0v) is 7.04. The molecular formula is C8H12N4. The quantitative estimate of drug-likeness (QED) is 0.605. The van der Waals surface area contributed by atoms with E-state index in [0.717, 1.165) is 18.7 Å². The summed E-state index contributed by atoms with van der Waals surface area (Å²) in [5.41, 5.74) is 2.33. The van der Waals surface area contributed by atoms with Gasteiger partial charge in [-0.15, -0.1) is 0 Å². The van der Waals surface area contributed by atoms with Gasteiger partial charge in [-0.3, -0.25) is 5.32 Å². The molecule has 1 aliphatic rings. The van der Waals surface area contributed by atoms with E-state index < -0.39 is 0 Å². The van der Waals surface area contributed by atoms with Crippen molar-refractivity contribution in [3.05, 3.63) is 23.8 Å². The highest BCUT2D eigenvalue weighted by molar-refractivity contribution is 5.22. The van der Waals surface area contributed by atoms with Gasteiger partial charge in [0.2, 0.25) is 0 Å². The van der Waals surface area contributed by atoms with Crippen molar-refractivity contribution in [1.82, 2.24) is 20.6 Å². The Labute approximate surface area is 71.4 Å². The van der Waals surface area contributed by atoms with Crippen molar-refractivity contribution in [1.29, 1.82) is 0 Å². The van der Waals surface area contributed by atoms with E-state index in [2.05, 4.69) is 20.6 Å². The molecule has 1 aliphatic heterocycles. The lowest BCUT2D eigenvalue weighted by atomic mass is 10.1. The number of hydrogen-bond donors (Lipinski definition) is 2. The summed E-state index contributed by atoms with van der Waals surface area (Å²) >= 11 is 0. The standard InChI is InChI=1S/C8H12N4/c1-9-8-6-4-10-5-12-7(6)2-3-11-8/h4-5,8-9,11H,2-3H2,1H3. The minimum absolute atomic E-state index is 0.218. The number of hydrogen-bond acceptors (Lipinski definition) is 4. The maximum absolute atomic E-state index is 4.23. The molecule has 1 aromatic rings. The second-order valence-corrected chi connectivity index (χ2v) is 2.85. The van der Waals surface area contributed by atoms with Crippen LogP contribution >= 0.6 is 0 Å². The van der Waals surface area contributed by atoms with Gasteiger partial charge < -0.3 is 5.32 Å². The molecule has 0 fully saturated rings. The Morgan fingerprint density at radius 3 is 3.42 bits per heavy atom. The van der Waals surface area contributed by atoms with Crippen LogP contribution in [0.2, 0.25) is 0 Å². The van der Waals surface area contributed by atoms with E-state index in [9.17, 15) is 0 Å². The smallest absolute Gasteiger partial charge is 0.115 e. The Balaban J connectivity index is 2.37. The molecule has 2 N–H and O–H groups in total. The molecule has 4 heteroatoms. The summed E-state index contributed by atoms with van der Waals surface area (Å²) in [5, 5.41) is 6.50. The van der Waals surface area contributed by atoms with Gasteiger partial charge in [-0.05, 0) is 7.05 Å². The minimum atomic E-state index is 0.218. The second kappa shape index (κ2) is 3.16. The van der Waals surface area contributed by atoms with Gasteiger partial charge in [-0.1, -0.05) is 0 Å². The van der Waals surface area contributed by atoms with Crippen LogP contribution in [0, 0.1) is 0 Å². The molecule has 1 unspecified atom stereocenters. The van der Waals surface area contributed by atoms with Gasteiger partial charge in [-0.2, -0.15) is 0 Å². The van der Waals surface area contributed by atoms with Crippen LogP contribution in [0.4, 0.5) is 0 Å². The van der Waals surface area contributed by atoms with E-state index in [-0.39, 0.29) is 6.17 Å². The lowest BCUT2D eigenvalue weighted by Crippen LogP contribution is -2.38. The van der Waals surface area contributed by atoms with Crippen LogP contribution in [-0.2, 0) is 6.42 Å². The maximum Gasteiger partial charge on any atom is 0.115 e. The van der Waals surface area contributed by atoms with Crippen molar-refractivity contribution in [2.45, 2.75) is 12.6 Å². The Kier molecular flexibility index (Phi) is 2.01. The summed E-state index contributed by atoms with van der Waals surface area (Å²) in [6.45, 7) is 0.982. The minimum Gasteiger partial charge on any atom is -0.301 e. The summed E-state index contributed by atoms with van der Waals surface area (Å²) in [7, 11) is 1.93. The lowest BCUT2D eigenvalue weighted by molar-refractivity contribution is 0.444. The number of fused-ring (bicyclic) bond motifs is 1. The summed E-state index contributed by atoms with van der Waals surface area (Å²) in [4.78, 5) is 8.23. The number of nitrogens with zero attached hydrogens (tertiary/aromatic N) is 2. The van der Waals surface area contributed by atoms with Crippen LogP contribution in [0.3, 0.4) is 0 Å². The molecule has 1 aromatic heterocycles. The third-order valence-corrected chi connectivity index (χ3v) is 2.14. The zero-order chi connectivity index (χ0) is 8.39. The Bertz CT molecular complexity index is 274. The normalized spacial score (nSPS) is 21.9. The van der Waals surface area contributed by atoms with E-state index in [1.54, 1.807) is 6.33 Å². The van der Waals surface area contributed by atoms with Crippen LogP contribution in [0.25, 0.3) is 0 Å². The first kappa shape index (κ1) is 7.64. The molecule has 0 amide bonds. The molecule has 0 aromatic carbocycles. The molecule has 12 heavy (non-hydrogen) atoms. The molecule has 0 radical (unpaired) electrons. The fourth-order valence-corrected chi connectivity index (χ4v) is 1.52. The fourth-order valence-electron chi connectivity index (χ4n) is 1.52. The number of aromatic nitrogens is 2. The predicted octanol–water partition coefficient (Wildman–Crippen LogP) is -0.160. The molecule has 64 valence electrons. The summed E-state index contributed by atoms with van der Waals surface area (Å²) < 4.78 is 0. The highest BCUT2D eigenvalue weighted by atomic mass is 15.1. The molecule has 2 rings (SSSR count). The van der Waals surface area contributed by atoms with E-state index in [0.29, 0.717) is 0 Å². The molecular weight excluding hydrogens is 152 g/mol. The first-order valence-corrected chi connectivity index (χ1v) is 4.11. The Hall–Kier alpha value is -1.00. The van der Waals surface area contributed by atoms with E-state index in [1.165, 1.54) is 5.56 Å². The van der Waals surface area contributed by atoms with Gasteiger partial charge in [0.05, 0.1) is 11.9 Å². The molecule has 0 aliphatic carbocycles. The first-order chi connectivity index (χ1) is 5.92. The monoisotopic (exact) mass is 164 g/mol. The second-order valence-electron chi connectivity index (χ2n) is 2.85. The number of rotatable bonds is 1. The summed E-state index contributed by atoms with van der Waals surface area (Å²) in [6.07, 6.45) is 4.69. The summed E-state index contributed by atoms with van der Waals surface area (Å²) in [5.74, 6) is 0. The molecule has 2 heterocycles.